The van der Waals surface area contributed by atoms with Crippen molar-refractivity contribution in [2.24, 2.45) is 0 Å². The van der Waals surface area contributed by atoms with E-state index in [-0.39, 0.29) is 25.6 Å². The molecule has 0 N–H and O–H groups in total. The maximum Gasteiger partial charge on any atom is 0.310 e. The molecule has 0 unspecified atom stereocenters. The molecule has 0 saturated heterocycles. The van der Waals surface area contributed by atoms with E-state index < -0.39 is 0 Å². The van der Waals surface area contributed by atoms with Crippen molar-refractivity contribution in [3.05, 3.63) is 95.2 Å². The Morgan fingerprint density at radius 2 is 1.55 bits per heavy atom. The number of para-hydroxylation sites is 1. The van der Waals surface area contributed by atoms with E-state index >= 15 is 0 Å². The highest BCUT2D eigenvalue weighted by molar-refractivity contribution is 6.16. The number of aryl methyl sites for hydroxylation is 1. The minimum atomic E-state index is -0.249. The van der Waals surface area contributed by atoms with Gasteiger partial charge in [-0.2, -0.15) is 0 Å². The zero-order valence-electron chi connectivity index (χ0n) is 23.4. The van der Waals surface area contributed by atoms with Crippen LogP contribution in [0.15, 0.2) is 77.2 Å². The van der Waals surface area contributed by atoms with E-state index in [9.17, 15) is 9.59 Å². The summed E-state index contributed by atoms with van der Waals surface area (Å²) in [6.07, 6.45) is 3.56. The predicted molar refractivity (Wildman–Crippen MR) is 162 cm³/mol. The quantitative estimate of drug-likeness (QED) is 0.0760. The number of rotatable bonds is 13. The molecule has 0 aliphatic heterocycles. The number of carbonyl (C=O) groups excluding carboxylic acids is 2. The number of fused-ring (bicyclic) bond motifs is 1. The van der Waals surface area contributed by atoms with Crippen molar-refractivity contribution in [3.63, 3.8) is 0 Å². The fourth-order valence-electron chi connectivity index (χ4n) is 4.42. The lowest BCUT2D eigenvalue weighted by molar-refractivity contribution is -0.143. The maximum absolute atomic E-state index is 13.4. The zero-order chi connectivity index (χ0) is 27.8. The summed E-state index contributed by atoms with van der Waals surface area (Å²) < 4.78 is 17.9. The Balaban J connectivity index is 0.00000441. The number of hydrogen-bond acceptors (Lipinski definition) is 5. The van der Waals surface area contributed by atoms with E-state index in [0.717, 1.165) is 46.0 Å². The van der Waals surface area contributed by atoms with Crippen molar-refractivity contribution >= 4 is 28.4 Å². The van der Waals surface area contributed by atoms with Crippen LogP contribution in [0.25, 0.3) is 11.0 Å². The van der Waals surface area contributed by atoms with Crippen molar-refractivity contribution in [1.29, 1.82) is 0 Å². The largest absolute Gasteiger partial charge is 0.493 e. The molecule has 3 aromatic carbocycles. The topological polar surface area (TPSA) is 65.7 Å². The van der Waals surface area contributed by atoms with Crippen molar-refractivity contribution in [2.75, 3.05) is 34.4 Å². The van der Waals surface area contributed by atoms with Gasteiger partial charge < -0.3 is 13.9 Å². The molecular weight excluding hydrogens is 502 g/mol. The number of furan rings is 1. The molecule has 1 heterocycles. The van der Waals surface area contributed by atoms with Gasteiger partial charge in [0.05, 0.1) is 46.3 Å². The second kappa shape index (κ2) is 13.9. The molecule has 6 nitrogen and oxygen atoms in total. The summed E-state index contributed by atoms with van der Waals surface area (Å²) in [5, 5.41) is 0.852. The Morgan fingerprint density at radius 3 is 2.23 bits per heavy atom. The van der Waals surface area contributed by atoms with Crippen LogP contribution in [0.1, 0.15) is 60.9 Å². The minimum absolute atomic E-state index is 0. The van der Waals surface area contributed by atoms with Crippen LogP contribution in [0.2, 0.25) is 0 Å². The first-order valence-corrected chi connectivity index (χ1v) is 13.6. The van der Waals surface area contributed by atoms with E-state index in [0.29, 0.717) is 36.5 Å². The average Bonchev–Trinajstić information content (AvgIpc) is 3.29. The predicted octanol–water partition coefficient (Wildman–Crippen LogP) is 7.39. The molecule has 0 bridgehead atoms. The standard InChI is InChI=1S/C33H38NO5.CH4/c1-5-6-11-30-32(28-10-7-8-12-29(28)39-30)33(36)25-15-19-27(20-16-25)37-21-9-22-38-31(35)23-24-13-17-26(18-14-24)34(2,3)4;/h7-8,10,12-20H,5-6,9,11,21-23H2,1-4H3;1H4/q+1;. The number of nitrogens with zero attached hydrogens (tertiary/aromatic N) is 1. The number of esters is 1. The van der Waals surface area contributed by atoms with Gasteiger partial charge in [0.1, 0.15) is 22.8 Å². The van der Waals surface area contributed by atoms with Crippen LogP contribution in [-0.2, 0) is 22.4 Å². The Bertz CT molecular complexity index is 1400. The molecule has 4 rings (SSSR count). The molecule has 0 atom stereocenters. The Hall–Kier alpha value is -3.90. The van der Waals surface area contributed by atoms with Gasteiger partial charge in [-0.25, -0.2) is 0 Å². The minimum Gasteiger partial charge on any atom is -0.493 e. The van der Waals surface area contributed by atoms with Crippen LogP contribution in [0.4, 0.5) is 5.69 Å². The lowest BCUT2D eigenvalue weighted by Crippen LogP contribution is -2.34. The molecule has 0 fully saturated rings. The number of ether oxygens (including phenoxy) is 2. The normalized spacial score (nSPS) is 11.2. The Labute approximate surface area is 238 Å². The first kappa shape index (κ1) is 30.6. The van der Waals surface area contributed by atoms with E-state index in [4.69, 9.17) is 13.9 Å². The number of hydrogen-bond donors (Lipinski definition) is 0. The van der Waals surface area contributed by atoms with Crippen LogP contribution in [0.3, 0.4) is 0 Å². The number of benzene rings is 3. The molecule has 0 amide bonds. The molecule has 6 heteroatoms. The highest BCUT2D eigenvalue weighted by atomic mass is 16.5. The summed E-state index contributed by atoms with van der Waals surface area (Å²) in [5.74, 6) is 1.12. The number of quaternary nitrogens is 1. The van der Waals surface area contributed by atoms with Gasteiger partial charge in [-0.3, -0.25) is 14.1 Å². The van der Waals surface area contributed by atoms with Crippen molar-refractivity contribution in [3.8, 4) is 5.75 Å². The SMILES string of the molecule is C.CCCCc1oc2ccccc2c1C(=O)c1ccc(OCCCOC(=O)Cc2ccc([N+](C)(C)C)cc2)cc1. The fourth-order valence-corrected chi connectivity index (χ4v) is 4.42. The summed E-state index contributed by atoms with van der Waals surface area (Å²) in [4.78, 5) is 25.6. The third-order valence-corrected chi connectivity index (χ3v) is 6.65. The lowest BCUT2D eigenvalue weighted by Gasteiger charge is -2.23. The van der Waals surface area contributed by atoms with Gasteiger partial charge in [0.25, 0.3) is 0 Å². The van der Waals surface area contributed by atoms with Crippen LogP contribution < -0.4 is 9.22 Å². The van der Waals surface area contributed by atoms with Gasteiger partial charge in [0, 0.05) is 23.8 Å². The van der Waals surface area contributed by atoms with Gasteiger partial charge >= 0.3 is 5.97 Å². The molecule has 0 radical (unpaired) electrons. The second-order valence-corrected chi connectivity index (χ2v) is 10.6. The Kier molecular flexibility index (Phi) is 10.7. The monoisotopic (exact) mass is 544 g/mol. The molecule has 0 aliphatic rings. The molecule has 212 valence electrons. The van der Waals surface area contributed by atoms with Crippen LogP contribution in [0.5, 0.6) is 5.75 Å². The Morgan fingerprint density at radius 1 is 0.850 bits per heavy atom. The molecule has 0 saturated carbocycles. The molecule has 0 spiro atoms. The third-order valence-electron chi connectivity index (χ3n) is 6.65. The second-order valence-electron chi connectivity index (χ2n) is 10.6. The van der Waals surface area contributed by atoms with Gasteiger partial charge in [-0.1, -0.05) is 51.1 Å². The van der Waals surface area contributed by atoms with Gasteiger partial charge in [-0.15, -0.1) is 0 Å². The maximum atomic E-state index is 13.4. The number of unbranched alkanes of at least 4 members (excludes halogenated alkanes) is 1. The van der Waals surface area contributed by atoms with E-state index in [1.54, 1.807) is 24.3 Å². The third kappa shape index (κ3) is 7.82. The molecule has 4 aromatic rings. The summed E-state index contributed by atoms with van der Waals surface area (Å²) in [6.45, 7) is 2.83. The summed E-state index contributed by atoms with van der Waals surface area (Å²) in [6, 6.07) is 22.9. The molecular formula is C34H42NO5+. The molecule has 1 aromatic heterocycles. The number of ketones is 1. The van der Waals surface area contributed by atoms with Crippen molar-refractivity contribution < 1.29 is 23.5 Å². The van der Waals surface area contributed by atoms with Crippen molar-refractivity contribution in [2.45, 2.75) is 46.5 Å². The first-order valence-electron chi connectivity index (χ1n) is 13.6. The zero-order valence-corrected chi connectivity index (χ0v) is 23.4. The fraction of sp³-hybridized carbons (Fsp3) is 0.353. The van der Waals surface area contributed by atoms with E-state index in [1.165, 1.54) is 5.69 Å². The lowest BCUT2D eigenvalue weighted by atomic mass is 9.98. The summed E-state index contributed by atoms with van der Waals surface area (Å²) in [5.41, 5.74) is 4.09. The average molecular weight is 545 g/mol. The van der Waals surface area contributed by atoms with Crippen molar-refractivity contribution in [1.82, 2.24) is 4.48 Å². The van der Waals surface area contributed by atoms with Crippen LogP contribution in [0, 0.1) is 0 Å². The highest BCUT2D eigenvalue weighted by Gasteiger charge is 2.21. The summed E-state index contributed by atoms with van der Waals surface area (Å²) in [7, 11) is 6.31. The van der Waals surface area contributed by atoms with Gasteiger partial charge in [0.15, 0.2) is 5.78 Å². The van der Waals surface area contributed by atoms with Crippen LogP contribution in [-0.4, -0.2) is 46.1 Å². The van der Waals surface area contributed by atoms with E-state index in [2.05, 4.69) is 28.1 Å². The highest BCUT2D eigenvalue weighted by Crippen LogP contribution is 2.30. The molecule has 0 aliphatic carbocycles. The van der Waals surface area contributed by atoms with Crippen LogP contribution >= 0.6 is 0 Å². The van der Waals surface area contributed by atoms with E-state index in [1.807, 2.05) is 48.5 Å². The summed E-state index contributed by atoms with van der Waals surface area (Å²) >= 11 is 0. The smallest absolute Gasteiger partial charge is 0.310 e. The first-order chi connectivity index (χ1) is 18.8. The molecule has 40 heavy (non-hydrogen) atoms. The number of carbonyl (C=O) groups is 2. The van der Waals surface area contributed by atoms with Gasteiger partial charge in [-0.05, 0) is 54.4 Å². The van der Waals surface area contributed by atoms with Gasteiger partial charge in [0.2, 0.25) is 0 Å².